The second kappa shape index (κ2) is 5.92. The first-order chi connectivity index (χ1) is 9.44. The van der Waals surface area contributed by atoms with E-state index in [-0.39, 0.29) is 17.0 Å². The van der Waals surface area contributed by atoms with E-state index < -0.39 is 10.0 Å². The highest BCUT2D eigenvalue weighted by atomic mass is 32.2. The van der Waals surface area contributed by atoms with E-state index in [0.717, 1.165) is 12.8 Å². The van der Waals surface area contributed by atoms with Crippen LogP contribution in [0.3, 0.4) is 0 Å². The molecule has 0 radical (unpaired) electrons. The number of aryl methyl sites for hydroxylation is 1. The largest absolute Gasteiger partial charge is 0.377 e. The molecule has 1 aromatic carbocycles. The number of nitriles is 1. The molecule has 1 N–H and O–H groups in total. The molecule has 108 valence electrons. The molecule has 0 aliphatic carbocycles. The van der Waals surface area contributed by atoms with Crippen molar-refractivity contribution in [3.8, 4) is 6.07 Å². The van der Waals surface area contributed by atoms with Gasteiger partial charge in [0.25, 0.3) is 0 Å². The lowest BCUT2D eigenvalue weighted by Gasteiger charge is -2.20. The normalized spacial score (nSPS) is 20.6. The van der Waals surface area contributed by atoms with E-state index in [1.54, 1.807) is 26.0 Å². The number of benzene rings is 1. The number of nitrogens with one attached hydrogen (secondary N) is 1. The zero-order valence-electron chi connectivity index (χ0n) is 11.6. The molecule has 5 nitrogen and oxygen atoms in total. The van der Waals surface area contributed by atoms with Crippen LogP contribution in [0.15, 0.2) is 23.1 Å². The molecule has 1 aliphatic rings. The van der Waals surface area contributed by atoms with Gasteiger partial charge >= 0.3 is 0 Å². The molecule has 1 fully saturated rings. The Balaban J connectivity index is 2.24. The Hall–Kier alpha value is -1.42. The molecule has 0 spiro atoms. The van der Waals surface area contributed by atoms with Gasteiger partial charge in [0.2, 0.25) is 10.0 Å². The Morgan fingerprint density at radius 1 is 1.50 bits per heavy atom. The second-order valence-corrected chi connectivity index (χ2v) is 6.74. The maximum absolute atomic E-state index is 12.4. The van der Waals surface area contributed by atoms with Crippen LogP contribution in [0, 0.1) is 18.3 Å². The van der Waals surface area contributed by atoms with Crippen molar-refractivity contribution in [1.82, 2.24) is 4.72 Å². The molecule has 0 aromatic heterocycles. The first-order valence-corrected chi connectivity index (χ1v) is 8.07. The summed E-state index contributed by atoms with van der Waals surface area (Å²) in [7, 11) is -3.64. The van der Waals surface area contributed by atoms with Gasteiger partial charge in [-0.05, 0) is 44.4 Å². The van der Waals surface area contributed by atoms with Crippen LogP contribution in [0.2, 0.25) is 0 Å². The van der Waals surface area contributed by atoms with Gasteiger partial charge in [0, 0.05) is 12.6 Å². The highest BCUT2D eigenvalue weighted by Gasteiger charge is 2.27. The molecule has 2 rings (SSSR count). The summed E-state index contributed by atoms with van der Waals surface area (Å²) < 4.78 is 33.0. The first-order valence-electron chi connectivity index (χ1n) is 6.59. The molecule has 1 aliphatic heterocycles. The van der Waals surface area contributed by atoms with Gasteiger partial charge < -0.3 is 4.74 Å². The van der Waals surface area contributed by atoms with Crippen LogP contribution in [-0.4, -0.2) is 27.2 Å². The Labute approximate surface area is 119 Å². The second-order valence-electron chi connectivity index (χ2n) is 5.05. The average Bonchev–Trinajstić information content (AvgIpc) is 2.92. The van der Waals surface area contributed by atoms with Gasteiger partial charge in [-0.15, -0.1) is 0 Å². The average molecular weight is 294 g/mol. The fraction of sp³-hybridized carbons (Fsp3) is 0.500. The van der Waals surface area contributed by atoms with Gasteiger partial charge in [0.1, 0.15) is 0 Å². The summed E-state index contributed by atoms with van der Waals surface area (Å²) >= 11 is 0. The van der Waals surface area contributed by atoms with Crippen LogP contribution >= 0.6 is 0 Å². The number of ether oxygens (including phenoxy) is 1. The quantitative estimate of drug-likeness (QED) is 0.917. The molecule has 0 bridgehead atoms. The van der Waals surface area contributed by atoms with Crippen molar-refractivity contribution in [3.05, 3.63) is 29.3 Å². The fourth-order valence-corrected chi connectivity index (χ4v) is 3.88. The van der Waals surface area contributed by atoms with Gasteiger partial charge in [-0.1, -0.05) is 6.07 Å². The summed E-state index contributed by atoms with van der Waals surface area (Å²) in [5.41, 5.74) is 0.955. The summed E-state index contributed by atoms with van der Waals surface area (Å²) in [5, 5.41) is 8.89. The Kier molecular flexibility index (Phi) is 4.43. The van der Waals surface area contributed by atoms with Gasteiger partial charge in [0.15, 0.2) is 0 Å². The Morgan fingerprint density at radius 3 is 2.85 bits per heavy atom. The highest BCUT2D eigenvalue weighted by Crippen LogP contribution is 2.20. The monoisotopic (exact) mass is 294 g/mol. The van der Waals surface area contributed by atoms with E-state index in [4.69, 9.17) is 10.00 Å². The minimum Gasteiger partial charge on any atom is -0.377 e. The van der Waals surface area contributed by atoms with Crippen molar-refractivity contribution in [2.75, 3.05) is 6.61 Å². The van der Waals surface area contributed by atoms with Crippen LogP contribution in [0.5, 0.6) is 0 Å². The van der Waals surface area contributed by atoms with E-state index in [9.17, 15) is 8.42 Å². The molecule has 1 saturated heterocycles. The lowest BCUT2D eigenvalue weighted by atomic mass is 10.1. The number of hydrogen-bond acceptors (Lipinski definition) is 4. The zero-order valence-corrected chi connectivity index (χ0v) is 12.4. The molecule has 1 heterocycles. The van der Waals surface area contributed by atoms with Gasteiger partial charge in [0.05, 0.1) is 22.6 Å². The van der Waals surface area contributed by atoms with E-state index in [1.807, 2.05) is 6.07 Å². The molecule has 20 heavy (non-hydrogen) atoms. The maximum atomic E-state index is 12.4. The zero-order chi connectivity index (χ0) is 14.8. The standard InChI is InChI=1S/C14H18N2O3S/c1-10-5-6-12(9-15)8-14(10)20(17,18)16-11(2)13-4-3-7-19-13/h5-6,8,11,13,16H,3-4,7H2,1-2H3. The maximum Gasteiger partial charge on any atom is 0.241 e. The molecular weight excluding hydrogens is 276 g/mol. The molecule has 1 aromatic rings. The summed E-state index contributed by atoms with van der Waals surface area (Å²) in [5.74, 6) is 0. The summed E-state index contributed by atoms with van der Waals surface area (Å²) in [6.07, 6.45) is 1.74. The number of nitrogens with zero attached hydrogens (tertiary/aromatic N) is 1. The topological polar surface area (TPSA) is 79.2 Å². The predicted octanol–water partition coefficient (Wildman–Crippen LogP) is 1.71. The van der Waals surface area contributed by atoms with Crippen molar-refractivity contribution in [1.29, 1.82) is 5.26 Å². The van der Waals surface area contributed by atoms with E-state index >= 15 is 0 Å². The Morgan fingerprint density at radius 2 is 2.25 bits per heavy atom. The minimum absolute atomic E-state index is 0.0794. The summed E-state index contributed by atoms with van der Waals surface area (Å²) in [6.45, 7) is 4.20. The molecule has 2 atom stereocenters. The lowest BCUT2D eigenvalue weighted by molar-refractivity contribution is 0.0902. The molecule has 6 heteroatoms. The van der Waals surface area contributed by atoms with Gasteiger partial charge in [-0.3, -0.25) is 0 Å². The van der Waals surface area contributed by atoms with E-state index in [2.05, 4.69) is 4.72 Å². The van der Waals surface area contributed by atoms with Gasteiger partial charge in [-0.2, -0.15) is 5.26 Å². The molecule has 0 amide bonds. The van der Waals surface area contributed by atoms with Crippen molar-refractivity contribution < 1.29 is 13.2 Å². The van der Waals surface area contributed by atoms with Crippen LogP contribution < -0.4 is 4.72 Å². The van der Waals surface area contributed by atoms with Crippen molar-refractivity contribution in [2.45, 2.75) is 43.7 Å². The van der Waals surface area contributed by atoms with Crippen LogP contribution in [-0.2, 0) is 14.8 Å². The molecule has 2 unspecified atom stereocenters. The van der Waals surface area contributed by atoms with Crippen molar-refractivity contribution >= 4 is 10.0 Å². The summed E-state index contributed by atoms with van der Waals surface area (Å²) in [4.78, 5) is 0.154. The number of hydrogen-bond donors (Lipinski definition) is 1. The highest BCUT2D eigenvalue weighted by molar-refractivity contribution is 7.89. The SMILES string of the molecule is Cc1ccc(C#N)cc1S(=O)(=O)NC(C)C1CCCO1. The third kappa shape index (κ3) is 3.18. The number of rotatable bonds is 4. The first kappa shape index (κ1) is 15.0. The molecule has 0 saturated carbocycles. The van der Waals surface area contributed by atoms with Crippen LogP contribution in [0.1, 0.15) is 30.9 Å². The predicted molar refractivity (Wildman–Crippen MR) is 74.7 cm³/mol. The van der Waals surface area contributed by atoms with Crippen LogP contribution in [0.25, 0.3) is 0 Å². The smallest absolute Gasteiger partial charge is 0.241 e. The van der Waals surface area contributed by atoms with Crippen molar-refractivity contribution in [2.24, 2.45) is 0 Å². The van der Waals surface area contributed by atoms with E-state index in [0.29, 0.717) is 17.7 Å². The fourth-order valence-electron chi connectivity index (χ4n) is 2.34. The molecular formula is C14H18N2O3S. The minimum atomic E-state index is -3.64. The van der Waals surface area contributed by atoms with Crippen molar-refractivity contribution in [3.63, 3.8) is 0 Å². The summed E-state index contributed by atoms with van der Waals surface area (Å²) in [6, 6.07) is 6.33. The lowest BCUT2D eigenvalue weighted by Crippen LogP contribution is -2.40. The van der Waals surface area contributed by atoms with Crippen LogP contribution in [0.4, 0.5) is 0 Å². The third-order valence-corrected chi connectivity index (χ3v) is 5.17. The Bertz CT molecular complexity index is 628. The van der Waals surface area contributed by atoms with Gasteiger partial charge in [-0.25, -0.2) is 13.1 Å². The van der Waals surface area contributed by atoms with E-state index in [1.165, 1.54) is 6.07 Å². The number of sulfonamides is 1. The third-order valence-electron chi connectivity index (χ3n) is 3.47.